The molecular formula is C9H19NO. The summed E-state index contributed by atoms with van der Waals surface area (Å²) in [4.78, 5) is 0. The molecule has 0 aromatic carbocycles. The van der Waals surface area contributed by atoms with Crippen molar-refractivity contribution in [1.29, 1.82) is 0 Å². The first kappa shape index (κ1) is 9.01. The fourth-order valence-corrected chi connectivity index (χ4v) is 1.85. The molecule has 0 aromatic heterocycles. The molecule has 0 atom stereocenters. The molecule has 1 fully saturated rings. The highest BCUT2D eigenvalue weighted by Gasteiger charge is 2.32. The first-order chi connectivity index (χ1) is 5.33. The lowest BCUT2D eigenvalue weighted by Gasteiger charge is -2.26. The molecule has 0 radical (unpaired) electrons. The monoisotopic (exact) mass is 157 g/mol. The van der Waals surface area contributed by atoms with Gasteiger partial charge in [-0.25, -0.2) is 0 Å². The molecular weight excluding hydrogens is 138 g/mol. The highest BCUT2D eigenvalue weighted by atomic mass is 16.5. The van der Waals surface area contributed by atoms with Gasteiger partial charge in [-0.1, -0.05) is 12.8 Å². The lowest BCUT2D eigenvalue weighted by Crippen LogP contribution is -2.32. The van der Waals surface area contributed by atoms with Crippen molar-refractivity contribution in [1.82, 2.24) is 0 Å². The molecule has 0 spiro atoms. The van der Waals surface area contributed by atoms with Gasteiger partial charge in [0.05, 0.1) is 6.61 Å². The van der Waals surface area contributed by atoms with Crippen molar-refractivity contribution in [2.45, 2.75) is 32.6 Å². The van der Waals surface area contributed by atoms with Crippen molar-refractivity contribution in [3.8, 4) is 0 Å². The number of rotatable bonds is 4. The molecule has 0 aliphatic heterocycles. The van der Waals surface area contributed by atoms with Crippen LogP contribution in [0.1, 0.15) is 32.6 Å². The van der Waals surface area contributed by atoms with E-state index < -0.39 is 0 Å². The highest BCUT2D eigenvalue weighted by Crippen LogP contribution is 2.37. The van der Waals surface area contributed by atoms with Crippen LogP contribution in [0.4, 0.5) is 0 Å². The maximum Gasteiger partial charge on any atom is 0.0534 e. The Balaban J connectivity index is 2.33. The molecule has 0 unspecified atom stereocenters. The van der Waals surface area contributed by atoms with Crippen LogP contribution in [-0.4, -0.2) is 19.8 Å². The second-order valence-corrected chi connectivity index (χ2v) is 3.55. The second-order valence-electron chi connectivity index (χ2n) is 3.55. The molecule has 1 saturated carbocycles. The molecule has 0 saturated heterocycles. The van der Waals surface area contributed by atoms with Crippen LogP contribution in [0.5, 0.6) is 0 Å². The van der Waals surface area contributed by atoms with Crippen LogP contribution < -0.4 is 5.73 Å². The molecule has 11 heavy (non-hydrogen) atoms. The topological polar surface area (TPSA) is 35.2 Å². The Morgan fingerprint density at radius 3 is 2.45 bits per heavy atom. The van der Waals surface area contributed by atoms with Crippen molar-refractivity contribution >= 4 is 0 Å². The Morgan fingerprint density at radius 1 is 1.36 bits per heavy atom. The number of nitrogens with two attached hydrogens (primary N) is 1. The van der Waals surface area contributed by atoms with E-state index in [2.05, 4.69) is 0 Å². The average Bonchev–Trinajstić information content (AvgIpc) is 2.50. The van der Waals surface area contributed by atoms with Gasteiger partial charge in [0.15, 0.2) is 0 Å². The Bertz CT molecular complexity index is 108. The van der Waals surface area contributed by atoms with Crippen LogP contribution >= 0.6 is 0 Å². The third kappa shape index (κ3) is 2.17. The number of hydrogen-bond acceptors (Lipinski definition) is 2. The minimum Gasteiger partial charge on any atom is -0.381 e. The summed E-state index contributed by atoms with van der Waals surface area (Å²) in [5.41, 5.74) is 6.07. The SMILES string of the molecule is CCOCC1(CN)CCCC1. The molecule has 0 amide bonds. The molecule has 1 aliphatic carbocycles. The standard InChI is InChI=1S/C9H19NO/c1-2-11-8-9(7-10)5-3-4-6-9/h2-8,10H2,1H3. The first-order valence-electron chi connectivity index (χ1n) is 4.61. The predicted molar refractivity (Wildman–Crippen MR) is 46.4 cm³/mol. The Hall–Kier alpha value is -0.0800. The van der Waals surface area contributed by atoms with Gasteiger partial charge in [-0.05, 0) is 19.8 Å². The molecule has 66 valence electrons. The van der Waals surface area contributed by atoms with Crippen molar-refractivity contribution in [2.24, 2.45) is 11.1 Å². The van der Waals surface area contributed by atoms with E-state index in [1.54, 1.807) is 0 Å². The summed E-state index contributed by atoms with van der Waals surface area (Å²) in [5, 5.41) is 0. The lowest BCUT2D eigenvalue weighted by atomic mass is 9.87. The summed E-state index contributed by atoms with van der Waals surface area (Å²) in [5.74, 6) is 0. The normalized spacial score (nSPS) is 22.4. The van der Waals surface area contributed by atoms with Crippen LogP contribution in [0, 0.1) is 5.41 Å². The van der Waals surface area contributed by atoms with Crippen LogP contribution in [0.25, 0.3) is 0 Å². The molecule has 2 N–H and O–H groups in total. The lowest BCUT2D eigenvalue weighted by molar-refractivity contribution is 0.0588. The van der Waals surface area contributed by atoms with E-state index >= 15 is 0 Å². The first-order valence-corrected chi connectivity index (χ1v) is 4.61. The van der Waals surface area contributed by atoms with Gasteiger partial charge in [0.1, 0.15) is 0 Å². The van der Waals surface area contributed by atoms with Gasteiger partial charge in [-0.3, -0.25) is 0 Å². The van der Waals surface area contributed by atoms with E-state index in [4.69, 9.17) is 10.5 Å². The molecule has 0 heterocycles. The Morgan fingerprint density at radius 2 is 2.00 bits per heavy atom. The quantitative estimate of drug-likeness (QED) is 0.672. The van der Waals surface area contributed by atoms with Crippen LogP contribution in [0.15, 0.2) is 0 Å². The third-order valence-corrected chi connectivity index (χ3v) is 2.71. The fourth-order valence-electron chi connectivity index (χ4n) is 1.85. The maximum atomic E-state index is 5.73. The Labute approximate surface area is 69.1 Å². The van der Waals surface area contributed by atoms with E-state index in [0.717, 1.165) is 19.8 Å². The zero-order valence-electron chi connectivity index (χ0n) is 7.44. The summed E-state index contributed by atoms with van der Waals surface area (Å²) in [6.45, 7) is 4.54. The number of hydrogen-bond donors (Lipinski definition) is 1. The van der Waals surface area contributed by atoms with E-state index in [-0.39, 0.29) is 0 Å². The fraction of sp³-hybridized carbons (Fsp3) is 1.00. The second kappa shape index (κ2) is 4.07. The van der Waals surface area contributed by atoms with E-state index in [9.17, 15) is 0 Å². The summed E-state index contributed by atoms with van der Waals surface area (Å²) in [6.07, 6.45) is 5.21. The van der Waals surface area contributed by atoms with Gasteiger partial charge >= 0.3 is 0 Å². The largest absolute Gasteiger partial charge is 0.381 e. The number of ether oxygens (including phenoxy) is 1. The molecule has 2 heteroatoms. The minimum absolute atomic E-state index is 0.343. The van der Waals surface area contributed by atoms with Crippen LogP contribution in [-0.2, 0) is 4.74 Å². The van der Waals surface area contributed by atoms with Crippen LogP contribution in [0.2, 0.25) is 0 Å². The Kier molecular flexibility index (Phi) is 3.34. The molecule has 0 aromatic rings. The smallest absolute Gasteiger partial charge is 0.0534 e. The van der Waals surface area contributed by atoms with Crippen molar-refractivity contribution < 1.29 is 4.74 Å². The summed E-state index contributed by atoms with van der Waals surface area (Å²) < 4.78 is 5.43. The summed E-state index contributed by atoms with van der Waals surface area (Å²) in [7, 11) is 0. The maximum absolute atomic E-state index is 5.73. The van der Waals surface area contributed by atoms with Crippen LogP contribution in [0.3, 0.4) is 0 Å². The van der Waals surface area contributed by atoms with Gasteiger partial charge in [-0.15, -0.1) is 0 Å². The minimum atomic E-state index is 0.343. The summed E-state index contributed by atoms with van der Waals surface area (Å²) >= 11 is 0. The van der Waals surface area contributed by atoms with E-state index in [0.29, 0.717) is 5.41 Å². The van der Waals surface area contributed by atoms with E-state index in [1.165, 1.54) is 25.7 Å². The zero-order chi connectivity index (χ0) is 8.16. The van der Waals surface area contributed by atoms with E-state index in [1.807, 2.05) is 6.92 Å². The van der Waals surface area contributed by atoms with Crippen molar-refractivity contribution in [3.05, 3.63) is 0 Å². The van der Waals surface area contributed by atoms with Gasteiger partial charge in [0.25, 0.3) is 0 Å². The van der Waals surface area contributed by atoms with Gasteiger partial charge in [-0.2, -0.15) is 0 Å². The van der Waals surface area contributed by atoms with Gasteiger partial charge in [0.2, 0.25) is 0 Å². The third-order valence-electron chi connectivity index (χ3n) is 2.71. The predicted octanol–water partition coefficient (Wildman–Crippen LogP) is 1.54. The molecule has 1 rings (SSSR count). The van der Waals surface area contributed by atoms with Gasteiger partial charge in [0, 0.05) is 18.6 Å². The highest BCUT2D eigenvalue weighted by molar-refractivity contribution is 4.85. The summed E-state index contributed by atoms with van der Waals surface area (Å²) in [6, 6.07) is 0. The van der Waals surface area contributed by atoms with Crippen molar-refractivity contribution in [2.75, 3.05) is 19.8 Å². The zero-order valence-corrected chi connectivity index (χ0v) is 7.44. The average molecular weight is 157 g/mol. The molecule has 1 aliphatic rings. The molecule has 0 bridgehead atoms. The molecule has 2 nitrogen and oxygen atoms in total. The van der Waals surface area contributed by atoms with Crippen molar-refractivity contribution in [3.63, 3.8) is 0 Å². The van der Waals surface area contributed by atoms with Gasteiger partial charge < -0.3 is 10.5 Å².